The third-order valence-corrected chi connectivity index (χ3v) is 5.34. The molecule has 3 aromatic heterocycles. The highest BCUT2D eigenvalue weighted by Gasteiger charge is 2.34. The zero-order valence-electron chi connectivity index (χ0n) is 17.5. The van der Waals surface area contributed by atoms with Crippen molar-refractivity contribution in [3.8, 4) is 0 Å². The van der Waals surface area contributed by atoms with Crippen molar-refractivity contribution in [1.82, 2.24) is 20.3 Å². The second-order valence-corrected chi connectivity index (χ2v) is 7.61. The molecule has 0 fully saturated rings. The van der Waals surface area contributed by atoms with E-state index in [9.17, 15) is 18.0 Å². The van der Waals surface area contributed by atoms with Crippen molar-refractivity contribution in [3.05, 3.63) is 65.5 Å². The third kappa shape index (κ3) is 6.22. The first-order chi connectivity index (χ1) is 15.3. The van der Waals surface area contributed by atoms with Crippen LogP contribution in [0.2, 0.25) is 0 Å². The van der Waals surface area contributed by atoms with Crippen LogP contribution in [0.1, 0.15) is 41.4 Å². The number of aromatic nitrogens is 3. The number of hydrogen-bond donors (Lipinski definition) is 1. The molecule has 170 valence electrons. The Kier molecular flexibility index (Phi) is 7.73. The molecule has 0 radical (unpaired) electrons. The number of halogens is 3. The van der Waals surface area contributed by atoms with E-state index in [1.807, 2.05) is 19.9 Å². The van der Waals surface area contributed by atoms with E-state index in [0.29, 0.717) is 25.4 Å². The van der Waals surface area contributed by atoms with Gasteiger partial charge in [-0.1, -0.05) is 17.8 Å². The summed E-state index contributed by atoms with van der Waals surface area (Å²) in [7, 11) is 0. The molecule has 0 aromatic carbocycles. The summed E-state index contributed by atoms with van der Waals surface area (Å²) in [6.45, 7) is 5.02. The maximum absolute atomic E-state index is 13.3. The number of thioether (sulfide) groups is 1. The van der Waals surface area contributed by atoms with Gasteiger partial charge in [0.05, 0.1) is 5.75 Å². The van der Waals surface area contributed by atoms with Crippen LogP contribution in [0, 0.1) is 0 Å². The van der Waals surface area contributed by atoms with Crippen LogP contribution in [0.3, 0.4) is 0 Å². The van der Waals surface area contributed by atoms with Crippen LogP contribution in [-0.2, 0) is 18.5 Å². The lowest BCUT2D eigenvalue weighted by atomic mass is 10.3. The van der Waals surface area contributed by atoms with Crippen molar-refractivity contribution in [1.29, 1.82) is 0 Å². The van der Waals surface area contributed by atoms with Gasteiger partial charge < -0.3 is 14.6 Å². The van der Waals surface area contributed by atoms with Crippen molar-refractivity contribution in [2.45, 2.75) is 37.5 Å². The van der Waals surface area contributed by atoms with Crippen LogP contribution < -0.4 is 10.2 Å². The highest BCUT2D eigenvalue weighted by molar-refractivity contribution is 7.98. The van der Waals surface area contributed by atoms with Gasteiger partial charge in [-0.15, -0.1) is 0 Å². The summed E-state index contributed by atoms with van der Waals surface area (Å²) in [5.74, 6) is 0.527. The van der Waals surface area contributed by atoms with E-state index in [4.69, 9.17) is 4.42 Å². The molecule has 0 spiro atoms. The second-order valence-electron chi connectivity index (χ2n) is 6.66. The van der Waals surface area contributed by atoms with Crippen molar-refractivity contribution in [2.75, 3.05) is 18.0 Å². The molecule has 0 aliphatic carbocycles. The first kappa shape index (κ1) is 23.6. The molecule has 3 heterocycles. The molecular weight excluding hydrogens is 443 g/mol. The molecule has 0 atom stereocenters. The van der Waals surface area contributed by atoms with Crippen LogP contribution in [0.4, 0.5) is 19.0 Å². The maximum atomic E-state index is 13.3. The Balaban J connectivity index is 1.67. The number of furan rings is 1. The fourth-order valence-corrected chi connectivity index (χ4v) is 3.57. The number of amides is 1. The molecule has 0 bridgehead atoms. The van der Waals surface area contributed by atoms with Gasteiger partial charge in [-0.25, -0.2) is 9.97 Å². The SMILES string of the molecule is CCN(CC)c1cc(C(F)(F)F)nc(SCc2ccc(C(=O)NCc3cccnc3)o2)n1. The van der Waals surface area contributed by atoms with Gasteiger partial charge >= 0.3 is 6.18 Å². The van der Waals surface area contributed by atoms with Crippen LogP contribution in [-0.4, -0.2) is 33.9 Å². The summed E-state index contributed by atoms with van der Waals surface area (Å²) in [6.07, 6.45) is -1.29. The predicted molar refractivity (Wildman–Crippen MR) is 114 cm³/mol. The van der Waals surface area contributed by atoms with E-state index in [-0.39, 0.29) is 22.5 Å². The zero-order chi connectivity index (χ0) is 23.1. The predicted octanol–water partition coefficient (Wildman–Crippen LogP) is 4.55. The first-order valence-electron chi connectivity index (χ1n) is 9.90. The minimum absolute atomic E-state index is 0.0132. The average molecular weight is 466 g/mol. The van der Waals surface area contributed by atoms with E-state index < -0.39 is 17.8 Å². The molecule has 0 saturated heterocycles. The van der Waals surface area contributed by atoms with Gasteiger partial charge in [0, 0.05) is 38.1 Å². The Hall–Kier alpha value is -3.08. The fourth-order valence-electron chi connectivity index (χ4n) is 2.82. The van der Waals surface area contributed by atoms with Crippen molar-refractivity contribution < 1.29 is 22.4 Å². The maximum Gasteiger partial charge on any atom is 0.433 e. The van der Waals surface area contributed by atoms with E-state index >= 15 is 0 Å². The van der Waals surface area contributed by atoms with Crippen molar-refractivity contribution in [3.63, 3.8) is 0 Å². The lowest BCUT2D eigenvalue weighted by Crippen LogP contribution is -2.24. The number of anilines is 1. The molecule has 0 saturated carbocycles. The molecule has 3 aromatic rings. The zero-order valence-corrected chi connectivity index (χ0v) is 18.3. The lowest BCUT2D eigenvalue weighted by molar-refractivity contribution is -0.141. The molecule has 0 unspecified atom stereocenters. The molecule has 0 aliphatic heterocycles. The summed E-state index contributed by atoms with van der Waals surface area (Å²) in [6, 6.07) is 7.67. The summed E-state index contributed by atoms with van der Waals surface area (Å²) < 4.78 is 45.4. The summed E-state index contributed by atoms with van der Waals surface area (Å²) >= 11 is 1.01. The number of rotatable bonds is 9. The monoisotopic (exact) mass is 465 g/mol. The summed E-state index contributed by atoms with van der Waals surface area (Å²) in [5.41, 5.74) is -0.152. The third-order valence-electron chi connectivity index (χ3n) is 4.47. The van der Waals surface area contributed by atoms with E-state index in [2.05, 4.69) is 20.3 Å². The summed E-state index contributed by atoms with van der Waals surface area (Å²) in [4.78, 5) is 25.9. The quantitative estimate of drug-likeness (QED) is 0.367. The average Bonchev–Trinajstić information content (AvgIpc) is 3.26. The number of carbonyl (C=O) groups is 1. The molecule has 7 nitrogen and oxygen atoms in total. The van der Waals surface area contributed by atoms with E-state index in [1.54, 1.807) is 29.4 Å². The van der Waals surface area contributed by atoms with Gasteiger partial charge in [0.2, 0.25) is 0 Å². The number of alkyl halides is 3. The smallest absolute Gasteiger partial charge is 0.433 e. The van der Waals surface area contributed by atoms with Crippen LogP contribution >= 0.6 is 11.8 Å². The number of nitrogens with zero attached hydrogens (tertiary/aromatic N) is 4. The van der Waals surface area contributed by atoms with E-state index in [0.717, 1.165) is 23.4 Å². The van der Waals surface area contributed by atoms with Gasteiger partial charge in [0.15, 0.2) is 16.6 Å². The van der Waals surface area contributed by atoms with Crippen molar-refractivity contribution in [2.24, 2.45) is 0 Å². The van der Waals surface area contributed by atoms with Crippen LogP contribution in [0.5, 0.6) is 0 Å². The largest absolute Gasteiger partial charge is 0.455 e. The second kappa shape index (κ2) is 10.5. The Labute approximate surface area is 187 Å². The summed E-state index contributed by atoms with van der Waals surface area (Å²) in [5, 5.41) is 2.71. The topological polar surface area (TPSA) is 84.2 Å². The van der Waals surface area contributed by atoms with Crippen LogP contribution in [0.15, 0.2) is 52.3 Å². The Morgan fingerprint density at radius 2 is 1.97 bits per heavy atom. The first-order valence-corrected chi connectivity index (χ1v) is 10.9. The molecule has 1 N–H and O–H groups in total. The van der Waals surface area contributed by atoms with Gasteiger partial charge in [0.25, 0.3) is 5.91 Å². The molecule has 0 aliphatic rings. The minimum atomic E-state index is -4.58. The standard InChI is InChI=1S/C21H22F3N5O2S/c1-3-29(4-2)18-10-17(21(22,23)24)27-20(28-18)32-13-15-7-8-16(31-15)19(30)26-12-14-6-5-9-25-11-14/h5-11H,3-4,12-13H2,1-2H3,(H,26,30). The van der Waals surface area contributed by atoms with Gasteiger partial charge in [0.1, 0.15) is 11.6 Å². The highest BCUT2D eigenvalue weighted by Crippen LogP contribution is 2.32. The van der Waals surface area contributed by atoms with E-state index in [1.165, 1.54) is 6.07 Å². The molecular formula is C21H22F3N5O2S. The number of pyridine rings is 1. The molecule has 1 amide bonds. The number of carbonyl (C=O) groups excluding carboxylic acids is 1. The number of nitrogens with one attached hydrogen (secondary N) is 1. The Morgan fingerprint density at radius 3 is 2.62 bits per heavy atom. The van der Waals surface area contributed by atoms with Crippen molar-refractivity contribution >= 4 is 23.5 Å². The van der Waals surface area contributed by atoms with Gasteiger partial charge in [-0.3, -0.25) is 9.78 Å². The fraction of sp³-hybridized carbons (Fsp3) is 0.333. The lowest BCUT2D eigenvalue weighted by Gasteiger charge is -2.21. The minimum Gasteiger partial charge on any atom is -0.455 e. The van der Waals surface area contributed by atoms with Gasteiger partial charge in [-0.2, -0.15) is 13.2 Å². The molecule has 32 heavy (non-hydrogen) atoms. The molecule has 3 rings (SSSR count). The van der Waals surface area contributed by atoms with Gasteiger partial charge in [-0.05, 0) is 37.6 Å². The Morgan fingerprint density at radius 1 is 1.19 bits per heavy atom. The molecule has 11 heteroatoms. The highest BCUT2D eigenvalue weighted by atomic mass is 32.2. The Bertz CT molecular complexity index is 1040. The normalized spacial score (nSPS) is 11.4. The number of hydrogen-bond acceptors (Lipinski definition) is 7. The van der Waals surface area contributed by atoms with Crippen LogP contribution in [0.25, 0.3) is 0 Å².